The Kier molecular flexibility index (Phi) is 4.79. The van der Waals surface area contributed by atoms with Crippen LogP contribution in [0.15, 0.2) is 132 Å². The summed E-state index contributed by atoms with van der Waals surface area (Å²) >= 11 is 0. The molecule has 0 N–H and O–H groups in total. The fourth-order valence-electron chi connectivity index (χ4n) is 5.37. The fraction of sp³-hybridized carbons (Fsp3) is 0. The van der Waals surface area contributed by atoms with Crippen molar-refractivity contribution in [3.05, 3.63) is 127 Å². The zero-order valence-electron chi connectivity index (χ0n) is 20.9. The quantitative estimate of drug-likeness (QED) is 0.243. The Labute approximate surface area is 224 Å². The van der Waals surface area contributed by atoms with Crippen LogP contribution in [-0.2, 0) is 0 Å². The highest BCUT2D eigenvalue weighted by Gasteiger charge is 2.18. The molecule has 0 saturated heterocycles. The van der Waals surface area contributed by atoms with E-state index in [1.807, 2.05) is 30.3 Å². The van der Waals surface area contributed by atoms with Gasteiger partial charge in [-0.3, -0.25) is 0 Å². The minimum atomic E-state index is 0.619. The highest BCUT2D eigenvalue weighted by atomic mass is 16.3. The van der Waals surface area contributed by atoms with Crippen LogP contribution in [0.4, 0.5) is 0 Å². The molecule has 0 aliphatic carbocycles. The van der Waals surface area contributed by atoms with Crippen molar-refractivity contribution in [3.8, 4) is 34.2 Å². The van der Waals surface area contributed by atoms with Gasteiger partial charge in [0.1, 0.15) is 11.2 Å². The van der Waals surface area contributed by atoms with Crippen molar-refractivity contribution >= 4 is 43.5 Å². The summed E-state index contributed by atoms with van der Waals surface area (Å²) in [4.78, 5) is 15.1. The molecular formula is C35H21N3O. The lowest BCUT2D eigenvalue weighted by molar-refractivity contribution is 0.669. The summed E-state index contributed by atoms with van der Waals surface area (Å²) in [6.07, 6.45) is 0. The van der Waals surface area contributed by atoms with Crippen LogP contribution in [0.5, 0.6) is 0 Å². The van der Waals surface area contributed by atoms with Crippen LogP contribution in [0, 0.1) is 0 Å². The number of fused-ring (bicyclic) bond motifs is 5. The first-order valence-electron chi connectivity index (χ1n) is 13.0. The van der Waals surface area contributed by atoms with Crippen LogP contribution in [0.1, 0.15) is 0 Å². The molecule has 0 fully saturated rings. The number of furan rings is 1. The van der Waals surface area contributed by atoms with Crippen LogP contribution in [-0.4, -0.2) is 15.0 Å². The van der Waals surface area contributed by atoms with Gasteiger partial charge >= 0.3 is 0 Å². The Bertz CT molecular complexity index is 2100. The SMILES string of the molecule is c1ccc2cc(-c3nc(-c4ccc5ccccc5c4)nc(-c4cccc5oc6ccccc6c45)n3)ccc2c1. The van der Waals surface area contributed by atoms with Crippen molar-refractivity contribution < 1.29 is 4.42 Å². The molecule has 0 spiro atoms. The third-order valence-corrected chi connectivity index (χ3v) is 7.29. The van der Waals surface area contributed by atoms with Gasteiger partial charge in [-0.05, 0) is 45.8 Å². The number of rotatable bonds is 3. The summed E-state index contributed by atoms with van der Waals surface area (Å²) in [5.74, 6) is 1.89. The molecule has 4 nitrogen and oxygen atoms in total. The number of aromatic nitrogens is 3. The van der Waals surface area contributed by atoms with Gasteiger partial charge in [0.25, 0.3) is 0 Å². The van der Waals surface area contributed by atoms with Crippen molar-refractivity contribution in [1.29, 1.82) is 0 Å². The number of benzene rings is 6. The number of hydrogen-bond acceptors (Lipinski definition) is 4. The van der Waals surface area contributed by atoms with Crippen molar-refractivity contribution in [2.24, 2.45) is 0 Å². The lowest BCUT2D eigenvalue weighted by atomic mass is 10.0. The number of para-hydroxylation sites is 1. The molecule has 182 valence electrons. The second-order valence-corrected chi connectivity index (χ2v) is 9.71. The average molecular weight is 500 g/mol. The van der Waals surface area contributed by atoms with Gasteiger partial charge in [0.05, 0.1) is 0 Å². The molecule has 6 aromatic carbocycles. The van der Waals surface area contributed by atoms with Gasteiger partial charge in [-0.15, -0.1) is 0 Å². The predicted molar refractivity (Wildman–Crippen MR) is 158 cm³/mol. The van der Waals surface area contributed by atoms with Gasteiger partial charge in [0, 0.05) is 27.5 Å². The van der Waals surface area contributed by atoms with E-state index in [9.17, 15) is 0 Å². The molecule has 2 aromatic heterocycles. The van der Waals surface area contributed by atoms with Crippen molar-refractivity contribution in [2.75, 3.05) is 0 Å². The molecule has 0 saturated carbocycles. The summed E-state index contributed by atoms with van der Waals surface area (Å²) in [5.41, 5.74) is 4.48. The van der Waals surface area contributed by atoms with Crippen LogP contribution >= 0.6 is 0 Å². The van der Waals surface area contributed by atoms with E-state index < -0.39 is 0 Å². The molecule has 0 amide bonds. The minimum Gasteiger partial charge on any atom is -0.456 e. The van der Waals surface area contributed by atoms with E-state index in [0.717, 1.165) is 49.4 Å². The van der Waals surface area contributed by atoms with Gasteiger partial charge < -0.3 is 4.42 Å². The van der Waals surface area contributed by atoms with E-state index in [-0.39, 0.29) is 0 Å². The molecule has 0 unspecified atom stereocenters. The summed E-state index contributed by atoms with van der Waals surface area (Å²) in [7, 11) is 0. The summed E-state index contributed by atoms with van der Waals surface area (Å²) in [6, 6.07) is 43.5. The van der Waals surface area contributed by atoms with Crippen molar-refractivity contribution in [2.45, 2.75) is 0 Å². The molecule has 2 heterocycles. The molecule has 0 aliphatic rings. The van der Waals surface area contributed by atoms with E-state index >= 15 is 0 Å². The highest BCUT2D eigenvalue weighted by molar-refractivity contribution is 6.11. The first-order valence-corrected chi connectivity index (χ1v) is 13.0. The first kappa shape index (κ1) is 21.7. The third kappa shape index (κ3) is 3.65. The summed E-state index contributed by atoms with van der Waals surface area (Å²) < 4.78 is 6.17. The normalized spacial score (nSPS) is 11.6. The lowest BCUT2D eigenvalue weighted by Crippen LogP contribution is -2.00. The van der Waals surface area contributed by atoms with Crippen LogP contribution in [0.3, 0.4) is 0 Å². The molecule has 39 heavy (non-hydrogen) atoms. The smallest absolute Gasteiger partial charge is 0.164 e. The van der Waals surface area contributed by atoms with Crippen molar-refractivity contribution in [3.63, 3.8) is 0 Å². The molecule has 8 rings (SSSR count). The Morgan fingerprint density at radius 3 is 1.62 bits per heavy atom. The van der Waals surface area contributed by atoms with Gasteiger partial charge in [0.15, 0.2) is 17.5 Å². The standard InChI is InChI=1S/C35H21N3O/c1-3-10-24-20-26(18-16-22(24)8-1)33-36-34(27-19-17-23-9-2-4-11-25(23)21-27)38-35(37-33)29-13-7-15-31-32(29)28-12-5-6-14-30(28)39-31/h1-21H. The molecule has 0 bridgehead atoms. The molecule has 4 heteroatoms. The van der Waals surface area contributed by atoms with E-state index in [0.29, 0.717) is 17.5 Å². The van der Waals surface area contributed by atoms with Gasteiger partial charge in [-0.1, -0.05) is 103 Å². The fourth-order valence-corrected chi connectivity index (χ4v) is 5.37. The largest absolute Gasteiger partial charge is 0.456 e. The van der Waals surface area contributed by atoms with E-state index in [1.54, 1.807) is 0 Å². The van der Waals surface area contributed by atoms with Crippen LogP contribution < -0.4 is 0 Å². The Morgan fingerprint density at radius 1 is 0.410 bits per heavy atom. The van der Waals surface area contributed by atoms with Gasteiger partial charge in [0.2, 0.25) is 0 Å². The number of hydrogen-bond donors (Lipinski definition) is 0. The van der Waals surface area contributed by atoms with Crippen LogP contribution in [0.25, 0.3) is 77.6 Å². The topological polar surface area (TPSA) is 51.8 Å². The zero-order chi connectivity index (χ0) is 25.8. The second-order valence-electron chi connectivity index (χ2n) is 9.71. The van der Waals surface area contributed by atoms with Crippen LogP contribution in [0.2, 0.25) is 0 Å². The average Bonchev–Trinajstić information content (AvgIpc) is 3.39. The van der Waals surface area contributed by atoms with Gasteiger partial charge in [-0.25, -0.2) is 15.0 Å². The monoisotopic (exact) mass is 499 g/mol. The maximum absolute atomic E-state index is 6.17. The molecule has 0 aliphatic heterocycles. The Hall–Kier alpha value is -5.35. The second kappa shape index (κ2) is 8.61. The summed E-state index contributed by atoms with van der Waals surface area (Å²) in [5, 5.41) is 6.70. The van der Waals surface area contributed by atoms with E-state index in [2.05, 4.69) is 97.1 Å². The van der Waals surface area contributed by atoms with Gasteiger partial charge in [-0.2, -0.15) is 0 Å². The minimum absolute atomic E-state index is 0.619. The maximum atomic E-state index is 6.17. The third-order valence-electron chi connectivity index (χ3n) is 7.29. The summed E-state index contributed by atoms with van der Waals surface area (Å²) in [6.45, 7) is 0. The first-order chi connectivity index (χ1) is 19.3. The Morgan fingerprint density at radius 2 is 0.949 bits per heavy atom. The Balaban J connectivity index is 1.40. The molecule has 0 radical (unpaired) electrons. The zero-order valence-corrected chi connectivity index (χ0v) is 20.9. The predicted octanol–water partition coefficient (Wildman–Crippen LogP) is 9.08. The molecule has 8 aromatic rings. The van der Waals surface area contributed by atoms with Crippen molar-refractivity contribution in [1.82, 2.24) is 15.0 Å². The van der Waals surface area contributed by atoms with E-state index in [1.165, 1.54) is 10.8 Å². The molecule has 0 atom stereocenters. The number of nitrogens with zero attached hydrogens (tertiary/aromatic N) is 3. The van der Waals surface area contributed by atoms with E-state index in [4.69, 9.17) is 19.4 Å². The highest BCUT2D eigenvalue weighted by Crippen LogP contribution is 2.36. The molecular weight excluding hydrogens is 478 g/mol. The lowest BCUT2D eigenvalue weighted by Gasteiger charge is -2.10. The maximum Gasteiger partial charge on any atom is 0.164 e.